The summed E-state index contributed by atoms with van der Waals surface area (Å²) in [6, 6.07) is 12.3. The van der Waals surface area contributed by atoms with Crippen molar-refractivity contribution in [1.82, 2.24) is 5.43 Å². The van der Waals surface area contributed by atoms with Gasteiger partial charge in [-0.3, -0.25) is 15.0 Å². The normalized spacial score (nSPS) is 12.9. The van der Waals surface area contributed by atoms with Crippen molar-refractivity contribution < 1.29 is 9.59 Å². The maximum absolute atomic E-state index is 12.7. The Labute approximate surface area is 150 Å². The van der Waals surface area contributed by atoms with Gasteiger partial charge < -0.3 is 4.31 Å². The summed E-state index contributed by atoms with van der Waals surface area (Å²) in [6.07, 6.45) is 0.933. The second-order valence-corrected chi connectivity index (χ2v) is 6.91. The van der Waals surface area contributed by atoms with E-state index in [2.05, 4.69) is 30.9 Å². The second-order valence-electron chi connectivity index (χ2n) is 5.15. The summed E-state index contributed by atoms with van der Waals surface area (Å²) in [4.78, 5) is 24.3. The van der Waals surface area contributed by atoms with Crippen LogP contribution < -0.4 is 15.6 Å². The number of nitrogens with two attached hydrogens (primary N) is 1. The molecule has 3 rings (SSSR count). The number of carbonyl (C=O) groups is 2. The molecule has 0 bridgehead atoms. The van der Waals surface area contributed by atoms with E-state index in [9.17, 15) is 9.59 Å². The molecular formula is C16H14IN3O2S. The van der Waals surface area contributed by atoms with Crippen LogP contribution in [0.5, 0.6) is 0 Å². The van der Waals surface area contributed by atoms with Gasteiger partial charge in [-0.05, 0) is 42.3 Å². The third-order valence-corrected chi connectivity index (χ3v) is 5.77. The summed E-state index contributed by atoms with van der Waals surface area (Å²) in [7, 11) is 1.66. The highest BCUT2D eigenvalue weighted by molar-refractivity contribution is 14.2. The lowest BCUT2D eigenvalue weighted by atomic mass is 9.99. The number of benzene rings is 2. The Kier molecular flexibility index (Phi) is 4.88. The summed E-state index contributed by atoms with van der Waals surface area (Å²) >= 11 is 2.26. The van der Waals surface area contributed by atoms with Crippen LogP contribution >= 0.6 is 30.3 Å². The van der Waals surface area contributed by atoms with E-state index in [0.29, 0.717) is 16.7 Å². The molecule has 0 fully saturated rings. The minimum Gasteiger partial charge on any atom is -0.307 e. The molecule has 7 heteroatoms. The zero-order valence-electron chi connectivity index (χ0n) is 12.1. The van der Waals surface area contributed by atoms with E-state index in [-0.39, 0.29) is 5.78 Å². The molecule has 0 unspecified atom stereocenters. The molecule has 1 aliphatic heterocycles. The Balaban J connectivity index is 1.91. The quantitative estimate of drug-likeness (QED) is 0.191. The van der Waals surface area contributed by atoms with E-state index >= 15 is 0 Å². The van der Waals surface area contributed by atoms with Gasteiger partial charge in [0.1, 0.15) is 0 Å². The van der Waals surface area contributed by atoms with E-state index in [0.717, 1.165) is 18.7 Å². The van der Waals surface area contributed by atoms with E-state index < -0.39 is 5.91 Å². The van der Waals surface area contributed by atoms with Gasteiger partial charge in [-0.1, -0.05) is 12.1 Å². The molecular weight excluding hydrogens is 425 g/mol. The van der Waals surface area contributed by atoms with E-state index in [1.807, 2.05) is 18.2 Å². The number of nitrogens with zero attached hydrogens (tertiary/aromatic N) is 1. The third-order valence-electron chi connectivity index (χ3n) is 3.80. The first kappa shape index (κ1) is 16.3. The highest BCUT2D eigenvalue weighted by Gasteiger charge is 2.21. The van der Waals surface area contributed by atoms with Crippen LogP contribution in [0.4, 0.5) is 5.69 Å². The number of ketones is 1. The number of nitrogens with one attached hydrogen (secondary N) is 1. The van der Waals surface area contributed by atoms with Gasteiger partial charge in [0.15, 0.2) is 5.78 Å². The maximum Gasteiger partial charge on any atom is 0.265 e. The first-order valence-electron chi connectivity index (χ1n) is 6.99. The molecule has 118 valence electrons. The van der Waals surface area contributed by atoms with Crippen molar-refractivity contribution in [3.63, 3.8) is 0 Å². The van der Waals surface area contributed by atoms with Crippen LogP contribution in [-0.2, 0) is 6.42 Å². The number of fused-ring (bicyclic) bond motifs is 1. The summed E-state index contributed by atoms with van der Waals surface area (Å²) in [6.45, 7) is 0.951. The van der Waals surface area contributed by atoms with Gasteiger partial charge in [0, 0.05) is 53.6 Å². The summed E-state index contributed by atoms with van der Waals surface area (Å²) in [5.74, 6) is 4.63. The van der Waals surface area contributed by atoms with Crippen LogP contribution in [0.15, 0.2) is 42.5 Å². The first-order chi connectivity index (χ1) is 11.1. The molecule has 0 saturated heterocycles. The largest absolute Gasteiger partial charge is 0.307 e. The minimum absolute atomic E-state index is 0.0972. The molecule has 3 N–H and O–H groups in total. The molecule has 2 aromatic carbocycles. The smallest absolute Gasteiger partial charge is 0.265 e. The number of hydrogen-bond acceptors (Lipinski definition) is 5. The van der Waals surface area contributed by atoms with Gasteiger partial charge in [0.05, 0.1) is 5.69 Å². The fourth-order valence-corrected chi connectivity index (χ4v) is 4.28. The van der Waals surface area contributed by atoms with Crippen LogP contribution in [0.2, 0.25) is 0 Å². The third kappa shape index (κ3) is 3.22. The minimum atomic E-state index is -0.414. The van der Waals surface area contributed by atoms with Crippen LogP contribution in [0, 0.1) is 0 Å². The SMILES string of the molecule is NNC(=O)c1cccc(C(=O)c2ccc3c(c2)CCN3SI)c1. The van der Waals surface area contributed by atoms with Crippen molar-refractivity contribution in [3.05, 3.63) is 64.7 Å². The molecule has 1 aliphatic rings. The van der Waals surface area contributed by atoms with Crippen molar-refractivity contribution in [1.29, 1.82) is 0 Å². The van der Waals surface area contributed by atoms with Crippen molar-refractivity contribution >= 4 is 47.7 Å². The predicted octanol–water partition coefficient (Wildman–Crippen LogP) is 2.88. The highest BCUT2D eigenvalue weighted by Crippen LogP contribution is 2.36. The fraction of sp³-hybridized carbons (Fsp3) is 0.125. The fourth-order valence-electron chi connectivity index (χ4n) is 2.64. The summed E-state index contributed by atoms with van der Waals surface area (Å²) < 4.78 is 2.20. The molecule has 0 aliphatic carbocycles. The summed E-state index contributed by atoms with van der Waals surface area (Å²) in [5, 5.41) is 0. The molecule has 0 aromatic heterocycles. The van der Waals surface area contributed by atoms with Crippen LogP contribution in [-0.4, -0.2) is 18.2 Å². The van der Waals surface area contributed by atoms with E-state index in [4.69, 9.17) is 5.84 Å². The molecule has 0 atom stereocenters. The highest BCUT2D eigenvalue weighted by atomic mass is 127. The number of carbonyl (C=O) groups excluding carboxylic acids is 2. The van der Waals surface area contributed by atoms with Crippen LogP contribution in [0.3, 0.4) is 0 Å². The van der Waals surface area contributed by atoms with E-state index in [1.54, 1.807) is 33.4 Å². The number of hydrogen-bond donors (Lipinski definition) is 2. The van der Waals surface area contributed by atoms with Gasteiger partial charge >= 0.3 is 0 Å². The average Bonchev–Trinajstić information content (AvgIpc) is 3.02. The van der Waals surface area contributed by atoms with Gasteiger partial charge in [-0.25, -0.2) is 5.84 Å². The zero-order valence-corrected chi connectivity index (χ0v) is 15.1. The number of anilines is 1. The maximum atomic E-state index is 12.7. The summed E-state index contributed by atoms with van der Waals surface area (Å²) in [5.41, 5.74) is 5.89. The van der Waals surface area contributed by atoms with Gasteiger partial charge in [0.2, 0.25) is 0 Å². The molecule has 23 heavy (non-hydrogen) atoms. The molecule has 1 heterocycles. The Morgan fingerprint density at radius 1 is 1.13 bits per heavy atom. The molecule has 2 aromatic rings. The Bertz CT molecular complexity index is 782. The molecule has 0 saturated carbocycles. The lowest BCUT2D eigenvalue weighted by molar-refractivity contribution is 0.0953. The molecule has 0 spiro atoms. The lowest BCUT2D eigenvalue weighted by Gasteiger charge is -2.13. The second kappa shape index (κ2) is 6.90. The number of rotatable bonds is 4. The standard InChI is InChI=1S/C16H14IN3O2S/c17-23-20-7-6-10-8-12(4-5-14(10)20)15(21)11-2-1-3-13(9-11)16(22)19-18/h1-5,8-9H,6-7,18H2,(H,19,22). The first-order valence-corrected chi connectivity index (χ1v) is 10.3. The Morgan fingerprint density at radius 3 is 2.61 bits per heavy atom. The van der Waals surface area contributed by atoms with Crippen LogP contribution in [0.1, 0.15) is 31.8 Å². The molecule has 0 radical (unpaired) electrons. The van der Waals surface area contributed by atoms with Crippen molar-refractivity contribution in [2.45, 2.75) is 6.42 Å². The number of hydrazine groups is 1. The number of amides is 1. The van der Waals surface area contributed by atoms with Gasteiger partial charge in [0.25, 0.3) is 5.91 Å². The van der Waals surface area contributed by atoms with Gasteiger partial charge in [-0.15, -0.1) is 0 Å². The topological polar surface area (TPSA) is 75.4 Å². The van der Waals surface area contributed by atoms with Crippen molar-refractivity contribution in [2.75, 3.05) is 10.8 Å². The van der Waals surface area contributed by atoms with Crippen molar-refractivity contribution in [3.8, 4) is 0 Å². The van der Waals surface area contributed by atoms with Gasteiger partial charge in [-0.2, -0.15) is 0 Å². The Hall–Kier alpha value is -1.58. The lowest BCUT2D eigenvalue weighted by Crippen LogP contribution is -2.30. The average molecular weight is 439 g/mol. The predicted molar refractivity (Wildman–Crippen MR) is 101 cm³/mol. The molecule has 1 amide bonds. The number of halogens is 1. The Morgan fingerprint density at radius 2 is 1.87 bits per heavy atom. The number of nitrogen functional groups attached to an aromatic ring is 1. The zero-order chi connectivity index (χ0) is 16.4. The van der Waals surface area contributed by atoms with E-state index in [1.165, 1.54) is 5.56 Å². The van der Waals surface area contributed by atoms with Crippen molar-refractivity contribution in [2.24, 2.45) is 5.84 Å². The van der Waals surface area contributed by atoms with Crippen LogP contribution in [0.25, 0.3) is 0 Å². The monoisotopic (exact) mass is 439 g/mol. The molecule has 5 nitrogen and oxygen atoms in total.